The van der Waals surface area contributed by atoms with Gasteiger partial charge in [-0.15, -0.1) is 11.3 Å². The van der Waals surface area contributed by atoms with Gasteiger partial charge >= 0.3 is 5.97 Å². The van der Waals surface area contributed by atoms with Crippen LogP contribution >= 0.6 is 11.3 Å². The van der Waals surface area contributed by atoms with Gasteiger partial charge in [0.2, 0.25) is 5.91 Å². The number of rotatable bonds is 5. The van der Waals surface area contributed by atoms with Crippen molar-refractivity contribution in [3.63, 3.8) is 0 Å². The second kappa shape index (κ2) is 8.75. The Labute approximate surface area is 178 Å². The van der Waals surface area contributed by atoms with Gasteiger partial charge in [0.15, 0.2) is 0 Å². The van der Waals surface area contributed by atoms with Gasteiger partial charge in [-0.1, -0.05) is 36.4 Å². The molecular weight excluding hydrogens is 403 g/mol. The van der Waals surface area contributed by atoms with Crippen molar-refractivity contribution in [3.05, 3.63) is 87.1 Å². The molecule has 0 bridgehead atoms. The highest BCUT2D eigenvalue weighted by molar-refractivity contribution is 7.09. The maximum Gasteiger partial charge on any atom is 0.314 e. The lowest BCUT2D eigenvalue weighted by atomic mass is 9.89. The molecule has 5 nitrogen and oxygen atoms in total. The Kier molecular flexibility index (Phi) is 5.90. The molecule has 2 aromatic carbocycles. The number of nitrogens with zero attached hydrogens (tertiary/aromatic N) is 2. The Bertz CT molecular complexity index is 1060. The predicted molar refractivity (Wildman–Crippen MR) is 112 cm³/mol. The Balaban J connectivity index is 1.44. The SMILES string of the molecule is COC(=O)C1CN(C(=O)Cc2csc(Cc3ccc(F)cc3)n2)Cc2ccccc21. The highest BCUT2D eigenvalue weighted by Crippen LogP contribution is 2.29. The van der Waals surface area contributed by atoms with Crippen LogP contribution < -0.4 is 0 Å². The number of carbonyl (C=O) groups excluding carboxylic acids is 2. The van der Waals surface area contributed by atoms with Crippen molar-refractivity contribution in [2.45, 2.75) is 25.3 Å². The number of hydrogen-bond donors (Lipinski definition) is 0. The molecule has 3 aromatic rings. The van der Waals surface area contributed by atoms with Crippen molar-refractivity contribution < 1.29 is 18.7 Å². The average molecular weight is 424 g/mol. The number of esters is 1. The molecule has 0 N–H and O–H groups in total. The quantitative estimate of drug-likeness (QED) is 0.586. The zero-order valence-corrected chi connectivity index (χ0v) is 17.3. The molecule has 0 aliphatic carbocycles. The molecule has 154 valence electrons. The standard InChI is InChI=1S/C23H21FN2O3S/c1-29-23(28)20-13-26(12-16-4-2-3-5-19(16)20)22(27)11-18-14-30-21(25-18)10-15-6-8-17(24)9-7-15/h2-9,14,20H,10-13H2,1H3. The van der Waals surface area contributed by atoms with Gasteiger partial charge in [-0.3, -0.25) is 9.59 Å². The van der Waals surface area contributed by atoms with E-state index in [1.54, 1.807) is 17.0 Å². The third kappa shape index (κ3) is 4.41. The maximum absolute atomic E-state index is 13.1. The molecule has 7 heteroatoms. The monoisotopic (exact) mass is 424 g/mol. The average Bonchev–Trinajstić information content (AvgIpc) is 3.20. The lowest BCUT2D eigenvalue weighted by Gasteiger charge is -2.33. The third-order valence-corrected chi connectivity index (χ3v) is 6.13. The molecule has 1 aromatic heterocycles. The van der Waals surface area contributed by atoms with Crippen molar-refractivity contribution in [1.82, 2.24) is 9.88 Å². The Hall–Kier alpha value is -3.06. The van der Waals surface area contributed by atoms with E-state index in [0.717, 1.165) is 21.7 Å². The topological polar surface area (TPSA) is 59.5 Å². The summed E-state index contributed by atoms with van der Waals surface area (Å²) < 4.78 is 18.0. The zero-order valence-electron chi connectivity index (χ0n) is 16.5. The summed E-state index contributed by atoms with van der Waals surface area (Å²) in [7, 11) is 1.36. The number of fused-ring (bicyclic) bond motifs is 1. The van der Waals surface area contributed by atoms with Crippen LogP contribution in [-0.4, -0.2) is 35.4 Å². The van der Waals surface area contributed by atoms with E-state index in [2.05, 4.69) is 4.98 Å². The number of methoxy groups -OCH3 is 1. The van der Waals surface area contributed by atoms with E-state index < -0.39 is 5.92 Å². The van der Waals surface area contributed by atoms with Gasteiger partial charge < -0.3 is 9.64 Å². The number of halogens is 1. The van der Waals surface area contributed by atoms with Crippen LogP contribution in [0.4, 0.5) is 4.39 Å². The number of aromatic nitrogens is 1. The normalized spacial score (nSPS) is 15.5. The lowest BCUT2D eigenvalue weighted by Crippen LogP contribution is -2.41. The van der Waals surface area contributed by atoms with Crippen molar-refractivity contribution in [2.24, 2.45) is 0 Å². The van der Waals surface area contributed by atoms with E-state index in [4.69, 9.17) is 4.74 Å². The fraction of sp³-hybridized carbons (Fsp3) is 0.261. The van der Waals surface area contributed by atoms with Crippen molar-refractivity contribution in [3.8, 4) is 0 Å². The summed E-state index contributed by atoms with van der Waals surface area (Å²) in [6, 6.07) is 14.0. The van der Waals surface area contributed by atoms with Gasteiger partial charge in [-0.2, -0.15) is 0 Å². The molecule has 1 unspecified atom stereocenters. The molecule has 1 amide bonds. The summed E-state index contributed by atoms with van der Waals surface area (Å²) in [4.78, 5) is 31.5. The van der Waals surface area contributed by atoms with Gasteiger partial charge in [-0.05, 0) is 28.8 Å². The number of amides is 1. The Morgan fingerprint density at radius 3 is 2.73 bits per heavy atom. The van der Waals surface area contributed by atoms with Crippen molar-refractivity contribution >= 4 is 23.2 Å². The number of carbonyl (C=O) groups is 2. The molecule has 1 atom stereocenters. The van der Waals surface area contributed by atoms with Crippen LogP contribution in [0.5, 0.6) is 0 Å². The Morgan fingerprint density at radius 1 is 1.20 bits per heavy atom. The van der Waals surface area contributed by atoms with Crippen LogP contribution in [0.15, 0.2) is 53.9 Å². The van der Waals surface area contributed by atoms with Crippen molar-refractivity contribution in [1.29, 1.82) is 0 Å². The van der Waals surface area contributed by atoms with Gasteiger partial charge in [0, 0.05) is 24.9 Å². The fourth-order valence-electron chi connectivity index (χ4n) is 3.70. The van der Waals surface area contributed by atoms with E-state index in [1.807, 2.05) is 29.6 Å². The van der Waals surface area contributed by atoms with Crippen LogP contribution in [0.1, 0.15) is 33.3 Å². The van der Waals surface area contributed by atoms with Gasteiger partial charge in [-0.25, -0.2) is 9.37 Å². The number of hydrogen-bond acceptors (Lipinski definition) is 5. The van der Waals surface area contributed by atoms with Crippen molar-refractivity contribution in [2.75, 3.05) is 13.7 Å². The predicted octanol–water partition coefficient (Wildman–Crippen LogP) is 3.71. The molecule has 0 spiro atoms. The summed E-state index contributed by atoms with van der Waals surface area (Å²) >= 11 is 1.49. The largest absolute Gasteiger partial charge is 0.468 e. The van der Waals surface area contributed by atoms with E-state index in [9.17, 15) is 14.0 Å². The van der Waals surface area contributed by atoms with Crippen LogP contribution in [0.3, 0.4) is 0 Å². The van der Waals surface area contributed by atoms with E-state index in [1.165, 1.54) is 30.6 Å². The molecule has 1 aliphatic rings. The maximum atomic E-state index is 13.1. The first-order valence-corrected chi connectivity index (χ1v) is 10.5. The second-order valence-electron chi connectivity index (χ2n) is 7.26. The molecule has 2 heterocycles. The first-order chi connectivity index (χ1) is 14.5. The highest BCUT2D eigenvalue weighted by Gasteiger charge is 2.33. The Morgan fingerprint density at radius 2 is 1.97 bits per heavy atom. The minimum atomic E-state index is -0.478. The number of ether oxygens (including phenoxy) is 1. The first kappa shape index (κ1) is 20.2. The molecule has 0 radical (unpaired) electrons. The zero-order chi connectivity index (χ0) is 21.1. The van der Waals surface area contributed by atoms with E-state index >= 15 is 0 Å². The minimum Gasteiger partial charge on any atom is -0.468 e. The summed E-state index contributed by atoms with van der Waals surface area (Å²) in [5.74, 6) is -1.15. The fourth-order valence-corrected chi connectivity index (χ4v) is 4.52. The summed E-state index contributed by atoms with van der Waals surface area (Å²) in [5.41, 5.74) is 3.55. The third-order valence-electron chi connectivity index (χ3n) is 5.23. The summed E-state index contributed by atoms with van der Waals surface area (Å²) in [6.07, 6.45) is 0.774. The van der Waals surface area contributed by atoms with Crippen LogP contribution in [-0.2, 0) is 33.7 Å². The molecule has 0 saturated heterocycles. The summed E-state index contributed by atoms with van der Waals surface area (Å²) in [6.45, 7) is 0.768. The number of thiazole rings is 1. The van der Waals surface area contributed by atoms with Gasteiger partial charge in [0.25, 0.3) is 0 Å². The molecule has 4 rings (SSSR count). The van der Waals surface area contributed by atoms with Crippen LogP contribution in [0.2, 0.25) is 0 Å². The van der Waals surface area contributed by atoms with Crippen LogP contribution in [0, 0.1) is 5.82 Å². The smallest absolute Gasteiger partial charge is 0.314 e. The van der Waals surface area contributed by atoms with Crippen LogP contribution in [0.25, 0.3) is 0 Å². The second-order valence-corrected chi connectivity index (χ2v) is 8.20. The molecule has 0 saturated carbocycles. The molecule has 0 fully saturated rings. The summed E-state index contributed by atoms with van der Waals surface area (Å²) in [5, 5.41) is 2.76. The molecule has 1 aliphatic heterocycles. The van der Waals surface area contributed by atoms with E-state index in [-0.39, 0.29) is 24.1 Å². The lowest BCUT2D eigenvalue weighted by molar-refractivity contribution is -0.144. The minimum absolute atomic E-state index is 0.0722. The van der Waals surface area contributed by atoms with Gasteiger partial charge in [0.1, 0.15) is 5.82 Å². The van der Waals surface area contributed by atoms with E-state index in [0.29, 0.717) is 25.2 Å². The van der Waals surface area contributed by atoms with Gasteiger partial charge in [0.05, 0.1) is 30.2 Å². The molecular formula is C23H21FN2O3S. The molecule has 30 heavy (non-hydrogen) atoms. The first-order valence-electron chi connectivity index (χ1n) is 9.64. The number of benzene rings is 2. The highest BCUT2D eigenvalue weighted by atomic mass is 32.1.